The van der Waals surface area contributed by atoms with Crippen molar-refractivity contribution in [2.24, 2.45) is 0 Å². The lowest BCUT2D eigenvalue weighted by molar-refractivity contribution is 0.875. The maximum Gasteiger partial charge on any atom is 0.142 e. The molecule has 1 atom stereocenters. The van der Waals surface area contributed by atoms with Gasteiger partial charge < -0.3 is 5.32 Å². The number of aromatic nitrogens is 3. The summed E-state index contributed by atoms with van der Waals surface area (Å²) in [4.78, 5) is 4.14. The molecule has 0 saturated heterocycles. The lowest BCUT2D eigenvalue weighted by atomic mass is 10.2. The third kappa shape index (κ3) is 2.17. The van der Waals surface area contributed by atoms with Gasteiger partial charge >= 0.3 is 0 Å². The summed E-state index contributed by atoms with van der Waals surface area (Å²) in [6.07, 6.45) is 3.58. The molecule has 16 heavy (non-hydrogen) atoms. The predicted molar refractivity (Wildman–Crippen MR) is 59.6 cm³/mol. The van der Waals surface area contributed by atoms with E-state index in [4.69, 9.17) is 5.26 Å². The Balaban J connectivity index is 2.12. The van der Waals surface area contributed by atoms with E-state index in [9.17, 15) is 0 Å². The molecule has 0 aliphatic carbocycles. The zero-order chi connectivity index (χ0) is 11.4. The highest BCUT2D eigenvalue weighted by atomic mass is 15.1. The van der Waals surface area contributed by atoms with E-state index >= 15 is 0 Å². The van der Waals surface area contributed by atoms with Crippen molar-refractivity contribution in [1.29, 1.82) is 5.26 Å². The summed E-state index contributed by atoms with van der Waals surface area (Å²) >= 11 is 0. The van der Waals surface area contributed by atoms with Gasteiger partial charge in [-0.15, -0.1) is 0 Å². The number of hydrogen-bond donors (Lipinski definition) is 2. The third-order valence-corrected chi connectivity index (χ3v) is 2.25. The molecular weight excluding hydrogens is 202 g/mol. The van der Waals surface area contributed by atoms with Crippen molar-refractivity contribution in [2.45, 2.75) is 13.0 Å². The minimum atomic E-state index is 0.0974. The fourth-order valence-electron chi connectivity index (χ4n) is 1.38. The Labute approximate surface area is 93.1 Å². The zero-order valence-electron chi connectivity index (χ0n) is 8.81. The average Bonchev–Trinajstić information content (AvgIpc) is 2.83. The number of hydrogen-bond acceptors (Lipinski definition) is 4. The number of nitrogens with one attached hydrogen (secondary N) is 2. The third-order valence-electron chi connectivity index (χ3n) is 2.25. The molecule has 0 radical (unpaired) electrons. The van der Waals surface area contributed by atoms with Crippen LogP contribution in [0.2, 0.25) is 0 Å². The number of anilines is 1. The van der Waals surface area contributed by atoms with Crippen LogP contribution in [0.5, 0.6) is 0 Å². The molecule has 2 rings (SSSR count). The molecule has 0 aliphatic rings. The topological polar surface area (TPSA) is 77.4 Å². The number of aromatic amines is 1. The molecule has 5 heteroatoms. The monoisotopic (exact) mass is 213 g/mol. The molecule has 0 spiro atoms. The van der Waals surface area contributed by atoms with Crippen LogP contribution < -0.4 is 5.32 Å². The molecule has 2 aromatic rings. The predicted octanol–water partition coefficient (Wildman–Crippen LogP) is 1.85. The van der Waals surface area contributed by atoms with E-state index < -0.39 is 0 Å². The Hall–Kier alpha value is -2.35. The fraction of sp³-hybridized carbons (Fsp3) is 0.182. The Kier molecular flexibility index (Phi) is 2.83. The Morgan fingerprint density at radius 3 is 3.06 bits per heavy atom. The Morgan fingerprint density at radius 2 is 2.38 bits per heavy atom. The average molecular weight is 213 g/mol. The van der Waals surface area contributed by atoms with Gasteiger partial charge in [0.1, 0.15) is 17.6 Å². The first-order valence-corrected chi connectivity index (χ1v) is 4.92. The molecule has 5 nitrogen and oxygen atoms in total. The number of nitrogens with zero attached hydrogens (tertiary/aromatic N) is 3. The van der Waals surface area contributed by atoms with Crippen LogP contribution in [0.25, 0.3) is 0 Å². The first kappa shape index (κ1) is 10.2. The highest BCUT2D eigenvalue weighted by molar-refractivity contribution is 5.40. The van der Waals surface area contributed by atoms with Gasteiger partial charge in [-0.05, 0) is 19.1 Å². The molecule has 2 aromatic heterocycles. The van der Waals surface area contributed by atoms with E-state index in [1.807, 2.05) is 25.3 Å². The van der Waals surface area contributed by atoms with E-state index in [-0.39, 0.29) is 6.04 Å². The summed E-state index contributed by atoms with van der Waals surface area (Å²) in [5.74, 6) is 0.688. The minimum Gasteiger partial charge on any atom is -0.363 e. The van der Waals surface area contributed by atoms with Gasteiger partial charge in [0.05, 0.1) is 12.2 Å². The number of H-pyrrole nitrogens is 1. The lowest BCUT2D eigenvalue weighted by Crippen LogP contribution is -2.07. The van der Waals surface area contributed by atoms with Crippen molar-refractivity contribution in [1.82, 2.24) is 15.2 Å². The van der Waals surface area contributed by atoms with Crippen molar-refractivity contribution in [2.75, 3.05) is 5.32 Å². The van der Waals surface area contributed by atoms with E-state index in [2.05, 4.69) is 20.5 Å². The summed E-state index contributed by atoms with van der Waals surface area (Å²) in [6, 6.07) is 7.41. The van der Waals surface area contributed by atoms with Gasteiger partial charge in [0.15, 0.2) is 0 Å². The van der Waals surface area contributed by atoms with Crippen LogP contribution in [-0.4, -0.2) is 15.2 Å². The smallest absolute Gasteiger partial charge is 0.142 e. The molecular formula is C11H11N5. The van der Waals surface area contributed by atoms with Crippen molar-refractivity contribution >= 4 is 5.82 Å². The molecule has 0 amide bonds. The van der Waals surface area contributed by atoms with Crippen LogP contribution in [0.1, 0.15) is 24.2 Å². The summed E-state index contributed by atoms with van der Waals surface area (Å²) in [7, 11) is 0. The zero-order valence-corrected chi connectivity index (χ0v) is 8.81. The quantitative estimate of drug-likeness (QED) is 0.815. The highest BCUT2D eigenvalue weighted by Crippen LogP contribution is 2.16. The number of nitriles is 1. The van der Waals surface area contributed by atoms with Crippen LogP contribution >= 0.6 is 0 Å². The van der Waals surface area contributed by atoms with Crippen LogP contribution in [0.4, 0.5) is 5.82 Å². The Morgan fingerprint density at radius 1 is 1.50 bits per heavy atom. The molecule has 1 unspecified atom stereocenters. The largest absolute Gasteiger partial charge is 0.363 e. The molecule has 0 fully saturated rings. The van der Waals surface area contributed by atoms with Crippen molar-refractivity contribution < 1.29 is 0 Å². The molecule has 0 saturated carbocycles. The van der Waals surface area contributed by atoms with Crippen molar-refractivity contribution in [3.8, 4) is 6.07 Å². The lowest BCUT2D eigenvalue weighted by Gasteiger charge is -2.12. The van der Waals surface area contributed by atoms with E-state index in [0.717, 1.165) is 5.56 Å². The first-order chi connectivity index (χ1) is 7.79. The van der Waals surface area contributed by atoms with Gasteiger partial charge in [-0.3, -0.25) is 5.10 Å². The molecule has 2 heterocycles. The normalized spacial score (nSPS) is 11.8. The van der Waals surface area contributed by atoms with E-state index in [1.54, 1.807) is 18.3 Å². The van der Waals surface area contributed by atoms with Crippen LogP contribution in [0.15, 0.2) is 30.6 Å². The fourth-order valence-corrected chi connectivity index (χ4v) is 1.38. The summed E-state index contributed by atoms with van der Waals surface area (Å²) in [6.45, 7) is 2.01. The van der Waals surface area contributed by atoms with Crippen LogP contribution in [0.3, 0.4) is 0 Å². The number of pyridine rings is 1. The summed E-state index contributed by atoms with van der Waals surface area (Å²) < 4.78 is 0. The van der Waals surface area contributed by atoms with Crippen LogP contribution in [0, 0.1) is 11.3 Å². The molecule has 0 bridgehead atoms. The van der Waals surface area contributed by atoms with Gasteiger partial charge in [-0.2, -0.15) is 10.4 Å². The maximum absolute atomic E-state index is 8.72. The van der Waals surface area contributed by atoms with Crippen molar-refractivity contribution in [3.05, 3.63) is 41.9 Å². The van der Waals surface area contributed by atoms with Gasteiger partial charge in [0.25, 0.3) is 0 Å². The van der Waals surface area contributed by atoms with Crippen molar-refractivity contribution in [3.63, 3.8) is 0 Å². The molecule has 80 valence electrons. The maximum atomic E-state index is 8.72. The van der Waals surface area contributed by atoms with E-state index in [0.29, 0.717) is 11.5 Å². The summed E-state index contributed by atoms with van der Waals surface area (Å²) in [5.41, 5.74) is 1.45. The second-order valence-electron chi connectivity index (χ2n) is 3.42. The second kappa shape index (κ2) is 4.45. The first-order valence-electron chi connectivity index (χ1n) is 4.92. The van der Waals surface area contributed by atoms with Gasteiger partial charge in [-0.1, -0.05) is 6.07 Å². The summed E-state index contributed by atoms with van der Waals surface area (Å²) in [5, 5.41) is 18.6. The molecule has 0 aliphatic heterocycles. The minimum absolute atomic E-state index is 0.0974. The Bertz CT molecular complexity index is 497. The van der Waals surface area contributed by atoms with Crippen LogP contribution in [-0.2, 0) is 0 Å². The van der Waals surface area contributed by atoms with Gasteiger partial charge in [-0.25, -0.2) is 4.98 Å². The number of rotatable bonds is 3. The standard InChI is InChI=1S/C11H11N5/c1-8(9-6-13-14-7-9)15-11-4-2-3-10(5-12)16-11/h2-4,6-8H,1H3,(H,13,14)(H,15,16). The van der Waals surface area contributed by atoms with Gasteiger partial charge in [0, 0.05) is 11.8 Å². The SMILES string of the molecule is CC(Nc1cccc(C#N)n1)c1cn[nH]c1. The highest BCUT2D eigenvalue weighted by Gasteiger charge is 2.06. The van der Waals surface area contributed by atoms with E-state index in [1.165, 1.54) is 0 Å². The second-order valence-corrected chi connectivity index (χ2v) is 3.42. The molecule has 2 N–H and O–H groups in total. The molecule has 0 aromatic carbocycles. The van der Waals surface area contributed by atoms with Gasteiger partial charge in [0.2, 0.25) is 0 Å².